The zero-order valence-corrected chi connectivity index (χ0v) is 19.5. The first kappa shape index (κ1) is 23.5. The average molecular weight is 469 g/mol. The molecule has 2 amide bonds. The molecule has 1 aromatic rings. The van der Waals surface area contributed by atoms with E-state index in [1.807, 2.05) is 0 Å². The Kier molecular flexibility index (Phi) is 5.52. The zero-order valence-electron chi connectivity index (χ0n) is 19.5. The van der Waals surface area contributed by atoms with Gasteiger partial charge in [-0.05, 0) is 56.5 Å². The minimum atomic E-state index is -1.19. The van der Waals surface area contributed by atoms with Crippen molar-refractivity contribution in [3.8, 4) is 0 Å². The molecule has 0 bridgehead atoms. The van der Waals surface area contributed by atoms with Crippen LogP contribution in [0.4, 0.5) is 5.69 Å². The number of hydrogen-bond donors (Lipinski definition) is 4. The third-order valence-electron chi connectivity index (χ3n) is 7.17. The van der Waals surface area contributed by atoms with Gasteiger partial charge in [-0.25, -0.2) is 0 Å². The second-order valence-electron chi connectivity index (χ2n) is 9.58. The summed E-state index contributed by atoms with van der Waals surface area (Å²) in [5, 5.41) is 22.0. The number of hydrogen-bond acceptors (Lipinski definition) is 8. The monoisotopic (exact) mass is 468 g/mol. The van der Waals surface area contributed by atoms with Crippen molar-refractivity contribution >= 4 is 29.1 Å². The lowest BCUT2D eigenvalue weighted by molar-refractivity contribution is -0.127. The molecule has 4 rings (SSSR count). The molecule has 0 saturated carbocycles. The fraction of sp³-hybridized carbons (Fsp3) is 0.417. The highest BCUT2D eigenvalue weighted by Gasteiger charge is 2.54. The number of benzene rings is 1. The molecule has 3 aliphatic rings. The SMILES string of the molecule is CN(C)c1cc(C(N)=O)cc2c1CC1CC3C(C(=O)C(C(N)=O)=C(O)C3N(C)C)C(O)=C1C2=O. The van der Waals surface area contributed by atoms with E-state index in [9.17, 15) is 29.4 Å². The number of primary amides is 2. The van der Waals surface area contributed by atoms with Crippen LogP contribution >= 0.6 is 0 Å². The van der Waals surface area contributed by atoms with Gasteiger partial charge >= 0.3 is 0 Å². The molecule has 0 aliphatic heterocycles. The molecule has 4 atom stereocenters. The Bertz CT molecular complexity index is 1210. The van der Waals surface area contributed by atoms with Crippen molar-refractivity contribution in [3.05, 3.63) is 51.5 Å². The standard InChI is InChI=1S/C24H28N4O6/c1-27(2)14-8-10(23(25)33)7-12-11(14)5-9-6-13-16(20(30)15(9)19(12)29)21(31)17(24(26)34)22(32)18(13)28(3)4/h7-9,13,16,18,30,32H,5-6H2,1-4H3,(H2,25,33)(H2,26,34). The van der Waals surface area contributed by atoms with Gasteiger partial charge in [0.25, 0.3) is 5.91 Å². The van der Waals surface area contributed by atoms with Crippen molar-refractivity contribution in [1.82, 2.24) is 4.90 Å². The van der Waals surface area contributed by atoms with Crippen LogP contribution < -0.4 is 16.4 Å². The summed E-state index contributed by atoms with van der Waals surface area (Å²) in [5.74, 6) is -6.05. The maximum Gasteiger partial charge on any atom is 0.255 e. The van der Waals surface area contributed by atoms with Crippen LogP contribution in [0.1, 0.15) is 32.7 Å². The largest absolute Gasteiger partial charge is 0.511 e. The summed E-state index contributed by atoms with van der Waals surface area (Å²) < 4.78 is 0. The molecule has 34 heavy (non-hydrogen) atoms. The van der Waals surface area contributed by atoms with Gasteiger partial charge in [-0.2, -0.15) is 0 Å². The van der Waals surface area contributed by atoms with Crippen LogP contribution in [0.15, 0.2) is 34.8 Å². The molecule has 0 spiro atoms. The van der Waals surface area contributed by atoms with E-state index in [4.69, 9.17) is 11.5 Å². The predicted octanol–water partition coefficient (Wildman–Crippen LogP) is 0.465. The van der Waals surface area contributed by atoms with Crippen LogP contribution in [-0.2, 0) is 16.0 Å². The van der Waals surface area contributed by atoms with Crippen LogP contribution in [0, 0.1) is 17.8 Å². The quantitative estimate of drug-likeness (QED) is 0.462. The first-order valence-electron chi connectivity index (χ1n) is 10.9. The molecule has 180 valence electrons. The number of Topliss-reactive ketones (excluding diaryl/α,β-unsaturated/α-hetero) is 2. The summed E-state index contributed by atoms with van der Waals surface area (Å²) in [6.07, 6.45) is 0.710. The van der Waals surface area contributed by atoms with E-state index >= 15 is 0 Å². The molecular formula is C24H28N4O6. The van der Waals surface area contributed by atoms with Gasteiger partial charge in [-0.3, -0.25) is 24.1 Å². The zero-order chi connectivity index (χ0) is 25.2. The maximum absolute atomic E-state index is 13.6. The summed E-state index contributed by atoms with van der Waals surface area (Å²) in [6, 6.07) is 2.31. The lowest BCUT2D eigenvalue weighted by atomic mass is 9.61. The van der Waals surface area contributed by atoms with Crippen molar-refractivity contribution in [2.75, 3.05) is 33.1 Å². The molecule has 0 aromatic heterocycles. The van der Waals surface area contributed by atoms with Gasteiger partial charge in [-0.1, -0.05) is 0 Å². The molecule has 6 N–H and O–H groups in total. The van der Waals surface area contributed by atoms with Gasteiger partial charge in [0.05, 0.1) is 12.0 Å². The second kappa shape index (κ2) is 7.98. The van der Waals surface area contributed by atoms with Crippen LogP contribution in [0.25, 0.3) is 0 Å². The van der Waals surface area contributed by atoms with Crippen molar-refractivity contribution in [1.29, 1.82) is 0 Å². The molecule has 0 radical (unpaired) electrons. The van der Waals surface area contributed by atoms with Gasteiger partial charge in [0.1, 0.15) is 17.1 Å². The number of ketones is 2. The van der Waals surface area contributed by atoms with Gasteiger partial charge < -0.3 is 26.6 Å². The van der Waals surface area contributed by atoms with Crippen LogP contribution in [0.3, 0.4) is 0 Å². The van der Waals surface area contributed by atoms with E-state index in [-0.39, 0.29) is 16.7 Å². The Hall–Kier alpha value is -3.66. The number of nitrogens with two attached hydrogens (primary N) is 2. The number of anilines is 1. The lowest BCUT2D eigenvalue weighted by Crippen LogP contribution is -2.53. The van der Waals surface area contributed by atoms with Crippen LogP contribution in [0.5, 0.6) is 0 Å². The van der Waals surface area contributed by atoms with Gasteiger partial charge in [-0.15, -0.1) is 0 Å². The minimum absolute atomic E-state index is 0.0937. The molecular weight excluding hydrogens is 440 g/mol. The van der Waals surface area contributed by atoms with E-state index in [1.54, 1.807) is 44.1 Å². The van der Waals surface area contributed by atoms with Crippen molar-refractivity contribution in [2.45, 2.75) is 18.9 Å². The molecule has 4 unspecified atom stereocenters. The molecule has 10 nitrogen and oxygen atoms in total. The summed E-state index contributed by atoms with van der Waals surface area (Å²) in [7, 11) is 6.97. The average Bonchev–Trinajstić information content (AvgIpc) is 2.72. The van der Waals surface area contributed by atoms with Gasteiger partial charge in [0, 0.05) is 36.5 Å². The maximum atomic E-state index is 13.6. The van der Waals surface area contributed by atoms with Crippen molar-refractivity contribution in [2.24, 2.45) is 29.2 Å². The Morgan fingerprint density at radius 2 is 1.65 bits per heavy atom. The van der Waals surface area contributed by atoms with Crippen LogP contribution in [0.2, 0.25) is 0 Å². The molecule has 0 fully saturated rings. The van der Waals surface area contributed by atoms with E-state index in [2.05, 4.69) is 0 Å². The first-order valence-corrected chi connectivity index (χ1v) is 10.9. The lowest BCUT2D eigenvalue weighted by Gasteiger charge is -2.46. The van der Waals surface area contributed by atoms with Crippen molar-refractivity contribution < 1.29 is 29.4 Å². The number of aliphatic hydroxyl groups excluding tert-OH is 2. The minimum Gasteiger partial charge on any atom is -0.511 e. The van der Waals surface area contributed by atoms with Gasteiger partial charge in [0.2, 0.25) is 5.91 Å². The summed E-state index contributed by atoms with van der Waals surface area (Å²) >= 11 is 0. The predicted molar refractivity (Wildman–Crippen MR) is 123 cm³/mol. The molecule has 10 heteroatoms. The molecule has 0 heterocycles. The topological polar surface area (TPSA) is 167 Å². The number of likely N-dealkylation sites (N-methyl/N-ethyl adjacent to an activating group) is 1. The number of rotatable bonds is 4. The number of amides is 2. The summed E-state index contributed by atoms with van der Waals surface area (Å²) in [6.45, 7) is 0. The fourth-order valence-electron chi connectivity index (χ4n) is 5.79. The molecule has 1 aromatic carbocycles. The Morgan fingerprint density at radius 1 is 1.00 bits per heavy atom. The van der Waals surface area contributed by atoms with Crippen molar-refractivity contribution in [3.63, 3.8) is 0 Å². The van der Waals surface area contributed by atoms with Crippen LogP contribution in [-0.4, -0.2) is 72.7 Å². The second-order valence-corrected chi connectivity index (χ2v) is 9.58. The highest BCUT2D eigenvalue weighted by atomic mass is 16.3. The number of aliphatic hydroxyl groups is 2. The number of carbonyl (C=O) groups is 4. The smallest absolute Gasteiger partial charge is 0.255 e. The van der Waals surface area contributed by atoms with Gasteiger partial charge in [0.15, 0.2) is 11.6 Å². The number of carbonyl (C=O) groups excluding carboxylic acids is 4. The molecule has 3 aliphatic carbocycles. The Balaban J connectivity index is 1.92. The third kappa shape index (κ3) is 3.28. The van der Waals surface area contributed by atoms with E-state index < -0.39 is 64.3 Å². The number of nitrogens with zero attached hydrogens (tertiary/aromatic N) is 2. The van der Waals surface area contributed by atoms with E-state index in [1.165, 1.54) is 6.07 Å². The highest BCUT2D eigenvalue weighted by molar-refractivity contribution is 6.22. The Morgan fingerprint density at radius 3 is 2.18 bits per heavy atom. The Labute approximate surface area is 196 Å². The highest BCUT2D eigenvalue weighted by Crippen LogP contribution is 2.50. The number of fused-ring (bicyclic) bond motifs is 3. The van der Waals surface area contributed by atoms with E-state index in [0.29, 0.717) is 18.5 Å². The normalized spacial score (nSPS) is 26.3. The summed E-state index contributed by atoms with van der Waals surface area (Å²) in [4.78, 5) is 54.2. The fourth-order valence-corrected chi connectivity index (χ4v) is 5.79. The number of allylic oxidation sites excluding steroid dienone is 2. The summed E-state index contributed by atoms with van der Waals surface area (Å²) in [5.41, 5.74) is 12.2. The third-order valence-corrected chi connectivity index (χ3v) is 7.17. The first-order chi connectivity index (χ1) is 15.9. The van der Waals surface area contributed by atoms with E-state index in [0.717, 1.165) is 5.56 Å². The molecule has 0 saturated heterocycles.